The standard InChI is InChI=1S/C16H28N2O4S2/c1-15(2,3)23(19,20)17-11-13-9-7-8-10-14(13)12-18-24(21,22)16(4,5)6/h7-10,17-18H,11-12H2,1-6H3. The molecule has 8 heteroatoms. The molecule has 6 nitrogen and oxygen atoms in total. The SMILES string of the molecule is CC(C)(C)S(=O)(=O)NCc1ccccc1CNS(=O)(=O)C(C)(C)C. The van der Waals surface area contributed by atoms with E-state index in [0.29, 0.717) is 0 Å². The fraction of sp³-hybridized carbons (Fsp3) is 0.625. The van der Waals surface area contributed by atoms with Gasteiger partial charge in [0.15, 0.2) is 0 Å². The Morgan fingerprint density at radius 2 is 1.00 bits per heavy atom. The molecule has 1 aromatic rings. The zero-order chi connectivity index (χ0) is 18.8. The Labute approximate surface area is 146 Å². The van der Waals surface area contributed by atoms with Crippen LogP contribution in [0.25, 0.3) is 0 Å². The third kappa shape index (κ3) is 5.27. The van der Waals surface area contributed by atoms with Gasteiger partial charge in [0.05, 0.1) is 9.49 Å². The third-order valence-corrected chi connectivity index (χ3v) is 7.91. The number of hydrogen-bond donors (Lipinski definition) is 2. The molecule has 24 heavy (non-hydrogen) atoms. The molecule has 0 aliphatic heterocycles. The Bertz CT molecular complexity index is 704. The maximum Gasteiger partial charge on any atom is 0.216 e. The summed E-state index contributed by atoms with van der Waals surface area (Å²) < 4.78 is 52.0. The summed E-state index contributed by atoms with van der Waals surface area (Å²) >= 11 is 0. The van der Waals surface area contributed by atoms with E-state index in [9.17, 15) is 16.8 Å². The molecule has 0 heterocycles. The second kappa shape index (κ2) is 7.11. The number of rotatable bonds is 6. The smallest absolute Gasteiger partial charge is 0.212 e. The molecule has 1 rings (SSSR count). The van der Waals surface area contributed by atoms with Crippen LogP contribution in [0.1, 0.15) is 52.7 Å². The Hall–Kier alpha value is -0.960. The van der Waals surface area contributed by atoms with Crippen molar-refractivity contribution in [3.05, 3.63) is 35.4 Å². The zero-order valence-electron chi connectivity index (χ0n) is 15.2. The summed E-state index contributed by atoms with van der Waals surface area (Å²) in [5.41, 5.74) is 1.48. The van der Waals surface area contributed by atoms with Crippen molar-refractivity contribution in [2.24, 2.45) is 0 Å². The number of nitrogens with one attached hydrogen (secondary N) is 2. The van der Waals surface area contributed by atoms with Crippen molar-refractivity contribution in [3.63, 3.8) is 0 Å². The molecule has 2 N–H and O–H groups in total. The van der Waals surface area contributed by atoms with Gasteiger partial charge in [0.25, 0.3) is 0 Å². The van der Waals surface area contributed by atoms with Crippen LogP contribution in [-0.4, -0.2) is 26.3 Å². The van der Waals surface area contributed by atoms with E-state index in [2.05, 4.69) is 9.44 Å². The largest absolute Gasteiger partial charge is 0.216 e. The average Bonchev–Trinajstić information content (AvgIpc) is 2.41. The van der Waals surface area contributed by atoms with Crippen LogP contribution in [0.3, 0.4) is 0 Å². The zero-order valence-corrected chi connectivity index (χ0v) is 16.8. The minimum atomic E-state index is -3.47. The van der Waals surface area contributed by atoms with Gasteiger partial charge in [-0.1, -0.05) is 24.3 Å². The lowest BCUT2D eigenvalue weighted by atomic mass is 10.1. The minimum Gasteiger partial charge on any atom is -0.212 e. The van der Waals surface area contributed by atoms with Crippen molar-refractivity contribution in [1.82, 2.24) is 9.44 Å². The average molecular weight is 377 g/mol. The summed E-state index contributed by atoms with van der Waals surface area (Å²) in [6, 6.07) is 7.16. The van der Waals surface area contributed by atoms with Crippen LogP contribution >= 0.6 is 0 Å². The number of hydrogen-bond acceptors (Lipinski definition) is 4. The minimum absolute atomic E-state index is 0.118. The molecular weight excluding hydrogens is 348 g/mol. The Morgan fingerprint density at radius 1 is 0.708 bits per heavy atom. The van der Waals surface area contributed by atoms with Gasteiger partial charge in [-0.2, -0.15) is 0 Å². The summed E-state index contributed by atoms with van der Waals surface area (Å²) in [5.74, 6) is 0. The molecule has 0 atom stereocenters. The molecule has 0 saturated heterocycles. The maximum atomic E-state index is 12.2. The molecule has 138 valence electrons. The predicted octanol–water partition coefficient (Wildman–Crippen LogP) is 2.12. The molecule has 0 bridgehead atoms. The van der Waals surface area contributed by atoms with Crippen molar-refractivity contribution in [1.29, 1.82) is 0 Å². The Balaban J connectivity index is 2.91. The molecule has 0 aromatic heterocycles. The van der Waals surface area contributed by atoms with Crippen molar-refractivity contribution in [2.45, 2.75) is 64.1 Å². The summed E-state index contributed by atoms with van der Waals surface area (Å²) in [6.45, 7) is 9.98. The van der Waals surface area contributed by atoms with Crippen LogP contribution < -0.4 is 9.44 Å². The van der Waals surface area contributed by atoms with E-state index in [4.69, 9.17) is 0 Å². The van der Waals surface area contributed by atoms with Gasteiger partial charge >= 0.3 is 0 Å². The van der Waals surface area contributed by atoms with Crippen molar-refractivity contribution in [2.75, 3.05) is 0 Å². The lowest BCUT2D eigenvalue weighted by molar-refractivity contribution is 0.541. The van der Waals surface area contributed by atoms with Crippen LogP contribution in [0.4, 0.5) is 0 Å². The first-order valence-electron chi connectivity index (χ1n) is 7.72. The number of sulfonamides is 2. The van der Waals surface area contributed by atoms with Crippen molar-refractivity contribution in [3.8, 4) is 0 Å². The fourth-order valence-corrected chi connectivity index (χ4v) is 3.24. The molecule has 0 amide bonds. The summed E-state index contributed by atoms with van der Waals surface area (Å²) in [6.07, 6.45) is 0. The van der Waals surface area contributed by atoms with Gasteiger partial charge in [-0.05, 0) is 52.7 Å². The van der Waals surface area contributed by atoms with Gasteiger partial charge in [0, 0.05) is 13.1 Å². The van der Waals surface area contributed by atoms with E-state index >= 15 is 0 Å². The summed E-state index contributed by atoms with van der Waals surface area (Å²) in [5, 5.41) is 0. The molecule has 0 aliphatic rings. The quantitative estimate of drug-likeness (QED) is 0.795. The summed E-state index contributed by atoms with van der Waals surface area (Å²) in [7, 11) is -6.94. The van der Waals surface area contributed by atoms with Gasteiger partial charge < -0.3 is 0 Å². The van der Waals surface area contributed by atoms with Gasteiger partial charge in [0.1, 0.15) is 0 Å². The van der Waals surface area contributed by atoms with Crippen molar-refractivity contribution < 1.29 is 16.8 Å². The van der Waals surface area contributed by atoms with Gasteiger partial charge in [-0.15, -0.1) is 0 Å². The normalized spacial score (nSPS) is 13.9. The highest BCUT2D eigenvalue weighted by molar-refractivity contribution is 7.91. The highest BCUT2D eigenvalue weighted by Gasteiger charge is 2.30. The highest BCUT2D eigenvalue weighted by atomic mass is 32.2. The molecular formula is C16H28N2O4S2. The molecule has 0 unspecified atom stereocenters. The molecule has 0 saturated carbocycles. The topological polar surface area (TPSA) is 92.3 Å². The fourth-order valence-electron chi connectivity index (χ4n) is 1.68. The summed E-state index contributed by atoms with van der Waals surface area (Å²) in [4.78, 5) is 0. The lowest BCUT2D eigenvalue weighted by Crippen LogP contribution is -2.40. The van der Waals surface area contributed by atoms with Gasteiger partial charge in [0.2, 0.25) is 20.0 Å². The second-order valence-corrected chi connectivity index (χ2v) is 12.7. The van der Waals surface area contributed by atoms with E-state index in [0.717, 1.165) is 11.1 Å². The first-order valence-corrected chi connectivity index (χ1v) is 10.7. The second-order valence-electron chi connectivity index (χ2n) is 7.64. The molecule has 0 radical (unpaired) electrons. The predicted molar refractivity (Wildman–Crippen MR) is 97.5 cm³/mol. The van der Waals surface area contributed by atoms with Crippen LogP contribution in [0.2, 0.25) is 0 Å². The number of benzene rings is 1. The Morgan fingerprint density at radius 3 is 1.25 bits per heavy atom. The molecule has 0 fully saturated rings. The lowest BCUT2D eigenvalue weighted by Gasteiger charge is -2.22. The highest BCUT2D eigenvalue weighted by Crippen LogP contribution is 2.17. The van der Waals surface area contributed by atoms with Crippen LogP contribution in [-0.2, 0) is 33.1 Å². The third-order valence-electron chi connectivity index (χ3n) is 3.64. The van der Waals surface area contributed by atoms with Gasteiger partial charge in [-0.25, -0.2) is 26.3 Å². The first kappa shape index (κ1) is 21.1. The van der Waals surface area contributed by atoms with Gasteiger partial charge in [-0.3, -0.25) is 0 Å². The van der Waals surface area contributed by atoms with E-state index in [1.54, 1.807) is 65.8 Å². The molecule has 0 spiro atoms. The monoisotopic (exact) mass is 376 g/mol. The Kier molecular flexibility index (Phi) is 6.25. The van der Waals surface area contributed by atoms with Crippen LogP contribution in [0.15, 0.2) is 24.3 Å². The molecule has 1 aromatic carbocycles. The van der Waals surface area contributed by atoms with E-state index in [1.807, 2.05) is 0 Å². The van der Waals surface area contributed by atoms with E-state index < -0.39 is 29.5 Å². The van der Waals surface area contributed by atoms with Crippen molar-refractivity contribution >= 4 is 20.0 Å². The van der Waals surface area contributed by atoms with Crippen LogP contribution in [0, 0.1) is 0 Å². The first-order chi connectivity index (χ1) is 10.7. The van der Waals surface area contributed by atoms with Crippen LogP contribution in [0.5, 0.6) is 0 Å². The van der Waals surface area contributed by atoms with E-state index in [-0.39, 0.29) is 13.1 Å². The van der Waals surface area contributed by atoms with E-state index in [1.165, 1.54) is 0 Å². The molecule has 0 aliphatic carbocycles. The maximum absolute atomic E-state index is 12.2.